The maximum Gasteiger partial charge on any atom is 0.415 e. The number of pyridine rings is 2. The minimum atomic E-state index is -1.92. The average molecular weight is 1090 g/mol. The lowest BCUT2D eigenvalue weighted by atomic mass is 9.50. The molecule has 17 nitrogen and oxygen atoms in total. The number of fused-ring (bicyclic) bond motifs is 9. The SMILES string of the molecule is CC[C@@]1(O)C(=O)OCc2c1cc1n(c2=O)Cc2cc3c(CN(C)C)c(OC(=O)N4CCN(C(=O)CCCCCN(C)c5ccc([C@H]6C[C@@]7(C)[C@@H](CC[C@]7(OC(C)=O)C(C)=O)[C@@H]7CCC8=CC(=O)CCC8=C76)cc5)CC4)ccc3nc2-1. The molecule has 2 aromatic carbocycles. The molecule has 0 radical (unpaired) electrons. The summed E-state index contributed by atoms with van der Waals surface area (Å²) < 4.78 is 19.1. The third-order valence-corrected chi connectivity index (χ3v) is 19.2. The van der Waals surface area contributed by atoms with Gasteiger partial charge in [0.1, 0.15) is 12.4 Å². The Morgan fingerprint density at radius 1 is 0.900 bits per heavy atom. The fourth-order valence-corrected chi connectivity index (χ4v) is 15.0. The number of cyclic esters (lactones) is 1. The second-order valence-electron chi connectivity index (χ2n) is 24.0. The van der Waals surface area contributed by atoms with Crippen molar-refractivity contribution in [2.45, 2.75) is 142 Å². The number of hydrogen-bond acceptors (Lipinski definition) is 14. The molecule has 0 bridgehead atoms. The minimum absolute atomic E-state index is 0.0232. The van der Waals surface area contributed by atoms with Crippen molar-refractivity contribution in [3.8, 4) is 17.1 Å². The molecule has 422 valence electrons. The maximum absolute atomic E-state index is 13.8. The van der Waals surface area contributed by atoms with Crippen LogP contribution in [0.4, 0.5) is 10.5 Å². The van der Waals surface area contributed by atoms with Gasteiger partial charge in [-0.3, -0.25) is 24.0 Å². The van der Waals surface area contributed by atoms with Crippen molar-refractivity contribution in [2.24, 2.45) is 17.3 Å². The highest BCUT2D eigenvalue weighted by molar-refractivity contribution is 5.94. The monoisotopic (exact) mass is 1090 g/mol. The van der Waals surface area contributed by atoms with E-state index in [1.54, 1.807) is 41.5 Å². The molecule has 2 aromatic heterocycles. The van der Waals surface area contributed by atoms with Gasteiger partial charge in [0, 0.05) is 105 Å². The van der Waals surface area contributed by atoms with Gasteiger partial charge in [-0.15, -0.1) is 0 Å². The standard InChI is InChI=1S/C63H74N6O11/c1-8-62(77)51-32-53-57-41(34-69(53)58(74)49(51)36-78-59(62)75)31-46-48(35-65(5)6)54(22-21-52(46)64-57)79-60(76)68-28-26-67(27-29-68)55(73)12-10-9-11-25-66(7)42-16-13-39(14-17-42)47-33-61(4)50(23-24-63(61,37(2)70)80-38(3)71)45-19-15-40-30-43(72)18-20-44(40)56(45)47/h13-14,16-17,21-22,30-32,45,47,50,77H,8-12,15,18-20,23-29,33-36H2,1-7H3/t45-,47+,50-,61-,62-,63-/m0/s1. The number of anilines is 1. The van der Waals surface area contributed by atoms with Crippen molar-refractivity contribution in [2.75, 3.05) is 58.8 Å². The number of piperazine rings is 1. The zero-order valence-corrected chi connectivity index (χ0v) is 47.3. The Balaban J connectivity index is 0.685. The molecule has 5 heterocycles. The molecule has 7 aliphatic rings. The molecule has 17 heteroatoms. The van der Waals surface area contributed by atoms with Crippen LogP contribution in [0.5, 0.6) is 5.75 Å². The van der Waals surface area contributed by atoms with E-state index in [0.29, 0.717) is 81.1 Å². The summed E-state index contributed by atoms with van der Waals surface area (Å²) in [5, 5.41) is 12.1. The van der Waals surface area contributed by atoms with Gasteiger partial charge in [0.25, 0.3) is 5.56 Å². The fraction of sp³-hybridized carbons (Fsp3) is 0.524. The molecule has 2 saturated carbocycles. The van der Waals surface area contributed by atoms with Crippen molar-refractivity contribution < 1.29 is 48.1 Å². The van der Waals surface area contributed by atoms with Crippen LogP contribution in [0.15, 0.2) is 76.1 Å². The molecular weight excluding hydrogens is 1020 g/mol. The summed E-state index contributed by atoms with van der Waals surface area (Å²) in [6, 6.07) is 16.0. The Morgan fingerprint density at radius 2 is 1.65 bits per heavy atom. The number of carbonyl (C=O) groups is 6. The van der Waals surface area contributed by atoms with E-state index in [1.807, 2.05) is 36.0 Å². The first-order valence-electron chi connectivity index (χ1n) is 28.8. The summed E-state index contributed by atoms with van der Waals surface area (Å²) in [7, 11) is 5.94. The lowest BCUT2D eigenvalue weighted by molar-refractivity contribution is -0.182. The molecule has 0 spiro atoms. The molecule has 3 aliphatic heterocycles. The van der Waals surface area contributed by atoms with Crippen LogP contribution in [-0.2, 0) is 58.7 Å². The average Bonchev–Trinajstić information content (AvgIpc) is 4.04. The van der Waals surface area contributed by atoms with E-state index in [0.717, 1.165) is 73.7 Å². The van der Waals surface area contributed by atoms with Crippen molar-refractivity contribution in [3.05, 3.63) is 109 Å². The van der Waals surface area contributed by atoms with E-state index >= 15 is 0 Å². The number of ketones is 2. The van der Waals surface area contributed by atoms with Gasteiger partial charge in [-0.2, -0.15) is 0 Å². The number of aliphatic hydroxyl groups is 1. The molecule has 11 rings (SSSR count). The maximum atomic E-state index is 13.8. The smallest absolute Gasteiger partial charge is 0.415 e. The summed E-state index contributed by atoms with van der Waals surface area (Å²) in [4.78, 5) is 105. The summed E-state index contributed by atoms with van der Waals surface area (Å²) in [5.74, 6) is -0.139. The Morgan fingerprint density at radius 3 is 2.36 bits per heavy atom. The van der Waals surface area contributed by atoms with Crippen LogP contribution in [0, 0.1) is 17.3 Å². The first-order chi connectivity index (χ1) is 38.2. The number of Topliss-reactive ketones (excluding diaryl/α,β-unsaturated/α-hetero) is 1. The van der Waals surface area contributed by atoms with Crippen molar-refractivity contribution in [3.63, 3.8) is 0 Å². The molecule has 6 atom stereocenters. The van der Waals surface area contributed by atoms with Gasteiger partial charge < -0.3 is 43.5 Å². The first-order valence-corrected chi connectivity index (χ1v) is 28.8. The molecule has 1 N–H and O–H groups in total. The molecule has 0 unspecified atom stereocenters. The normalized spacial score (nSPS) is 25.7. The van der Waals surface area contributed by atoms with Gasteiger partial charge in [0.2, 0.25) is 5.91 Å². The number of unbranched alkanes of at least 4 members (excludes halogenated alkanes) is 2. The lowest BCUT2D eigenvalue weighted by Crippen LogP contribution is -2.57. The highest BCUT2D eigenvalue weighted by Gasteiger charge is 2.67. The molecule has 80 heavy (non-hydrogen) atoms. The predicted octanol–water partition coefficient (Wildman–Crippen LogP) is 8.27. The van der Waals surface area contributed by atoms with Crippen LogP contribution >= 0.6 is 0 Å². The Labute approximate surface area is 466 Å². The van der Waals surface area contributed by atoms with Crippen LogP contribution in [0.1, 0.15) is 138 Å². The van der Waals surface area contributed by atoms with Crippen LogP contribution in [0.25, 0.3) is 22.3 Å². The van der Waals surface area contributed by atoms with Gasteiger partial charge >= 0.3 is 18.0 Å². The molecule has 3 fully saturated rings. The van der Waals surface area contributed by atoms with Gasteiger partial charge in [0.15, 0.2) is 22.8 Å². The van der Waals surface area contributed by atoms with Crippen LogP contribution < -0.4 is 15.2 Å². The highest BCUT2D eigenvalue weighted by Crippen LogP contribution is 2.68. The number of nitrogens with zero attached hydrogens (tertiary/aromatic N) is 6. The number of benzene rings is 2. The summed E-state index contributed by atoms with van der Waals surface area (Å²) in [5.41, 5.74) is 6.03. The van der Waals surface area contributed by atoms with E-state index in [2.05, 4.69) is 43.1 Å². The number of allylic oxidation sites excluding steroid dienone is 4. The van der Waals surface area contributed by atoms with E-state index in [4.69, 9.17) is 19.2 Å². The number of hydrogen-bond donors (Lipinski definition) is 1. The second kappa shape index (κ2) is 21.2. The van der Waals surface area contributed by atoms with E-state index < -0.39 is 34.6 Å². The van der Waals surface area contributed by atoms with Gasteiger partial charge in [-0.1, -0.05) is 38.0 Å². The molecule has 2 amide bonds. The zero-order chi connectivity index (χ0) is 56.6. The molecule has 4 aromatic rings. The predicted molar refractivity (Wildman–Crippen MR) is 300 cm³/mol. The lowest BCUT2D eigenvalue weighted by Gasteiger charge is -2.55. The largest absolute Gasteiger partial charge is 0.458 e. The van der Waals surface area contributed by atoms with Gasteiger partial charge in [0.05, 0.1) is 29.0 Å². The van der Waals surface area contributed by atoms with Crippen molar-refractivity contribution in [1.29, 1.82) is 0 Å². The number of amides is 2. The minimum Gasteiger partial charge on any atom is -0.458 e. The fourth-order valence-electron chi connectivity index (χ4n) is 15.0. The van der Waals surface area contributed by atoms with Gasteiger partial charge in [-0.05, 0) is 150 Å². The van der Waals surface area contributed by atoms with E-state index in [-0.39, 0.29) is 71.5 Å². The van der Waals surface area contributed by atoms with Crippen LogP contribution in [0.3, 0.4) is 0 Å². The third kappa shape index (κ3) is 9.35. The summed E-state index contributed by atoms with van der Waals surface area (Å²) in [6.45, 7) is 9.63. The van der Waals surface area contributed by atoms with Crippen molar-refractivity contribution in [1.82, 2.24) is 24.3 Å². The highest BCUT2D eigenvalue weighted by atomic mass is 16.6. The Bertz CT molecular complexity index is 3370. The van der Waals surface area contributed by atoms with Crippen LogP contribution in [-0.4, -0.2) is 124 Å². The number of rotatable bonds is 14. The summed E-state index contributed by atoms with van der Waals surface area (Å²) >= 11 is 0. The summed E-state index contributed by atoms with van der Waals surface area (Å²) in [6.07, 6.45) is 9.46. The second-order valence-corrected chi connectivity index (χ2v) is 24.0. The first kappa shape index (κ1) is 55.0. The number of esters is 2. The number of carbonyl (C=O) groups excluding carboxylic acids is 6. The van der Waals surface area contributed by atoms with E-state index in [9.17, 15) is 38.7 Å². The molecule has 4 aliphatic carbocycles. The Hall–Kier alpha value is -6.98. The van der Waals surface area contributed by atoms with Crippen LogP contribution in [0.2, 0.25) is 0 Å². The Kier molecular flexibility index (Phi) is 14.5. The zero-order valence-electron chi connectivity index (χ0n) is 47.3. The third-order valence-electron chi connectivity index (χ3n) is 19.2. The number of aromatic nitrogens is 2. The van der Waals surface area contributed by atoms with Gasteiger partial charge in [-0.25, -0.2) is 14.6 Å². The quantitative estimate of drug-likeness (QED) is 0.0823. The van der Waals surface area contributed by atoms with E-state index in [1.165, 1.54) is 29.2 Å². The van der Waals surface area contributed by atoms with Crippen molar-refractivity contribution >= 4 is 52.1 Å². The number of ether oxygens (including phenoxy) is 3. The topological polar surface area (TPSA) is 198 Å². The molecule has 1 saturated heterocycles. The molecular formula is C63H74N6O11.